The van der Waals surface area contributed by atoms with Crippen LogP contribution in [-0.2, 0) is 26.9 Å². The van der Waals surface area contributed by atoms with Crippen LogP contribution in [0.5, 0.6) is 0 Å². The molecule has 0 spiro atoms. The molecule has 1 aromatic heterocycles. The highest BCUT2D eigenvalue weighted by Gasteiger charge is 2.31. The van der Waals surface area contributed by atoms with Gasteiger partial charge in [0.15, 0.2) is 15.6 Å². The van der Waals surface area contributed by atoms with Crippen molar-refractivity contribution in [3.8, 4) is 0 Å². The van der Waals surface area contributed by atoms with E-state index < -0.39 is 21.0 Å². The van der Waals surface area contributed by atoms with Gasteiger partial charge in [-0.1, -0.05) is 35.5 Å². The Balaban J connectivity index is 2.05. The molecule has 0 aliphatic carbocycles. The van der Waals surface area contributed by atoms with Crippen LogP contribution in [0, 0.1) is 6.92 Å². The van der Waals surface area contributed by atoms with Gasteiger partial charge in [-0.2, -0.15) is 0 Å². The largest absolute Gasteiger partial charge is 0.360 e. The standard InChI is InChI=1S/C16H20N2O4S/c1-12-9-15(22-17-12)11-23(20,21)13(2)16(19)18(3)10-14-7-5-4-6-8-14/h4-9,13H,10-11H2,1-3H3. The fourth-order valence-electron chi connectivity index (χ4n) is 2.21. The molecule has 0 N–H and O–H groups in total. The highest BCUT2D eigenvalue weighted by atomic mass is 32.2. The van der Waals surface area contributed by atoms with Gasteiger partial charge in [-0.25, -0.2) is 8.42 Å². The van der Waals surface area contributed by atoms with Gasteiger partial charge in [0, 0.05) is 19.7 Å². The maximum absolute atomic E-state index is 12.4. The molecule has 6 nitrogen and oxygen atoms in total. The summed E-state index contributed by atoms with van der Waals surface area (Å²) in [6, 6.07) is 11.0. The van der Waals surface area contributed by atoms with Crippen LogP contribution in [0.4, 0.5) is 0 Å². The first-order valence-electron chi connectivity index (χ1n) is 7.22. The first-order chi connectivity index (χ1) is 10.8. The van der Waals surface area contributed by atoms with E-state index >= 15 is 0 Å². The van der Waals surface area contributed by atoms with Crippen LogP contribution in [0.25, 0.3) is 0 Å². The van der Waals surface area contributed by atoms with Gasteiger partial charge in [-0.15, -0.1) is 0 Å². The highest BCUT2D eigenvalue weighted by molar-refractivity contribution is 7.92. The highest BCUT2D eigenvalue weighted by Crippen LogP contribution is 2.15. The Morgan fingerprint density at radius 1 is 1.30 bits per heavy atom. The minimum absolute atomic E-state index is 0.243. The van der Waals surface area contributed by atoms with E-state index in [0.29, 0.717) is 12.2 Å². The summed E-state index contributed by atoms with van der Waals surface area (Å²) in [6.45, 7) is 3.48. The third kappa shape index (κ3) is 4.41. The normalized spacial score (nSPS) is 12.8. The molecule has 0 fully saturated rings. The maximum atomic E-state index is 12.4. The number of hydrogen-bond donors (Lipinski definition) is 0. The van der Waals surface area contributed by atoms with E-state index in [0.717, 1.165) is 5.56 Å². The summed E-state index contributed by atoms with van der Waals surface area (Å²) in [5.41, 5.74) is 1.55. The molecular weight excluding hydrogens is 316 g/mol. The summed E-state index contributed by atoms with van der Waals surface area (Å²) in [7, 11) is -2.06. The van der Waals surface area contributed by atoms with Crippen molar-refractivity contribution in [2.24, 2.45) is 0 Å². The molecule has 0 saturated heterocycles. The third-order valence-electron chi connectivity index (χ3n) is 3.55. The summed E-state index contributed by atoms with van der Waals surface area (Å²) in [4.78, 5) is 13.8. The Labute approximate surface area is 136 Å². The summed E-state index contributed by atoms with van der Waals surface area (Å²) >= 11 is 0. The van der Waals surface area contributed by atoms with Gasteiger partial charge >= 0.3 is 0 Å². The third-order valence-corrected chi connectivity index (χ3v) is 5.51. The van der Waals surface area contributed by atoms with E-state index in [-0.39, 0.29) is 11.5 Å². The summed E-state index contributed by atoms with van der Waals surface area (Å²) in [6.07, 6.45) is 0. The lowest BCUT2D eigenvalue weighted by Gasteiger charge is -2.21. The molecule has 2 rings (SSSR count). The number of hydrogen-bond acceptors (Lipinski definition) is 5. The molecule has 0 aliphatic heterocycles. The minimum atomic E-state index is -3.66. The van der Waals surface area contributed by atoms with Gasteiger partial charge in [0.2, 0.25) is 5.91 Å². The van der Waals surface area contributed by atoms with Crippen molar-refractivity contribution >= 4 is 15.7 Å². The number of nitrogens with zero attached hydrogens (tertiary/aromatic N) is 2. The Bertz CT molecular complexity index is 768. The average molecular weight is 336 g/mol. The number of aromatic nitrogens is 1. The summed E-state index contributed by atoms with van der Waals surface area (Å²) in [5.74, 6) is -0.530. The predicted molar refractivity (Wildman–Crippen MR) is 86.2 cm³/mol. The molecule has 1 amide bonds. The zero-order valence-electron chi connectivity index (χ0n) is 13.4. The van der Waals surface area contributed by atoms with Crippen molar-refractivity contribution in [2.75, 3.05) is 7.05 Å². The van der Waals surface area contributed by atoms with E-state index in [1.54, 1.807) is 20.0 Å². The topological polar surface area (TPSA) is 80.5 Å². The predicted octanol–water partition coefficient (Wildman–Crippen LogP) is 1.94. The number of aryl methyl sites for hydroxylation is 1. The minimum Gasteiger partial charge on any atom is -0.360 e. The van der Waals surface area contributed by atoms with Gasteiger partial charge < -0.3 is 9.42 Å². The Morgan fingerprint density at radius 3 is 2.52 bits per heavy atom. The van der Waals surface area contributed by atoms with Crippen LogP contribution in [0.2, 0.25) is 0 Å². The number of benzene rings is 1. The number of amides is 1. The maximum Gasteiger partial charge on any atom is 0.240 e. The van der Waals surface area contributed by atoms with E-state index in [9.17, 15) is 13.2 Å². The fourth-order valence-corrected chi connectivity index (χ4v) is 3.48. The van der Waals surface area contributed by atoms with Crippen LogP contribution >= 0.6 is 0 Å². The zero-order valence-corrected chi connectivity index (χ0v) is 14.2. The monoisotopic (exact) mass is 336 g/mol. The lowest BCUT2D eigenvalue weighted by atomic mass is 10.2. The van der Waals surface area contributed by atoms with Gasteiger partial charge in [0.25, 0.3) is 0 Å². The second-order valence-corrected chi connectivity index (χ2v) is 7.89. The Hall–Kier alpha value is -2.15. The quantitative estimate of drug-likeness (QED) is 0.805. The number of carbonyl (C=O) groups excluding carboxylic acids is 1. The van der Waals surface area contributed by atoms with Crippen molar-refractivity contribution in [1.82, 2.24) is 10.1 Å². The first kappa shape index (κ1) is 17.2. The molecule has 1 aromatic carbocycles. The molecule has 1 atom stereocenters. The Kier molecular flexibility index (Phi) is 5.20. The fraction of sp³-hybridized carbons (Fsp3) is 0.375. The van der Waals surface area contributed by atoms with Crippen LogP contribution in [0.3, 0.4) is 0 Å². The van der Waals surface area contributed by atoms with Crippen LogP contribution in [0.15, 0.2) is 40.9 Å². The molecule has 1 heterocycles. The smallest absolute Gasteiger partial charge is 0.240 e. The van der Waals surface area contributed by atoms with E-state index in [1.165, 1.54) is 11.8 Å². The number of rotatable bonds is 6. The molecule has 0 saturated carbocycles. The van der Waals surface area contributed by atoms with Crippen molar-refractivity contribution in [3.05, 3.63) is 53.4 Å². The second kappa shape index (κ2) is 6.95. The zero-order chi connectivity index (χ0) is 17.0. The molecule has 0 aliphatic rings. The molecule has 0 radical (unpaired) electrons. The van der Waals surface area contributed by atoms with Crippen LogP contribution < -0.4 is 0 Å². The summed E-state index contributed by atoms with van der Waals surface area (Å²) < 4.78 is 29.7. The van der Waals surface area contributed by atoms with E-state index in [1.807, 2.05) is 30.3 Å². The SMILES string of the molecule is Cc1cc(CS(=O)(=O)C(C)C(=O)N(C)Cc2ccccc2)on1. The van der Waals surface area contributed by atoms with Gasteiger partial charge in [0.05, 0.1) is 5.69 Å². The van der Waals surface area contributed by atoms with Crippen molar-refractivity contribution in [1.29, 1.82) is 0 Å². The molecular formula is C16H20N2O4S. The number of carbonyl (C=O) groups is 1. The van der Waals surface area contributed by atoms with Gasteiger partial charge in [-0.3, -0.25) is 4.79 Å². The van der Waals surface area contributed by atoms with Crippen LogP contribution in [0.1, 0.15) is 23.9 Å². The van der Waals surface area contributed by atoms with Crippen LogP contribution in [-0.4, -0.2) is 36.7 Å². The molecule has 124 valence electrons. The average Bonchev–Trinajstić information content (AvgIpc) is 2.91. The number of sulfone groups is 1. The second-order valence-electron chi connectivity index (χ2n) is 5.56. The first-order valence-corrected chi connectivity index (χ1v) is 8.94. The molecule has 0 bridgehead atoms. The van der Waals surface area contributed by atoms with Gasteiger partial charge in [-0.05, 0) is 19.4 Å². The van der Waals surface area contributed by atoms with Crippen molar-refractivity contribution < 1.29 is 17.7 Å². The van der Waals surface area contributed by atoms with E-state index in [4.69, 9.17) is 4.52 Å². The molecule has 7 heteroatoms. The molecule has 2 aromatic rings. The lowest BCUT2D eigenvalue weighted by Crippen LogP contribution is -2.39. The summed E-state index contributed by atoms with van der Waals surface area (Å²) in [5, 5.41) is 2.52. The van der Waals surface area contributed by atoms with E-state index in [2.05, 4.69) is 5.16 Å². The lowest BCUT2D eigenvalue weighted by molar-refractivity contribution is -0.129. The van der Waals surface area contributed by atoms with Gasteiger partial charge in [0.1, 0.15) is 11.0 Å². The molecule has 23 heavy (non-hydrogen) atoms. The van der Waals surface area contributed by atoms with Crippen molar-refractivity contribution in [2.45, 2.75) is 31.4 Å². The Morgan fingerprint density at radius 2 is 1.96 bits per heavy atom. The van der Waals surface area contributed by atoms with Crippen molar-refractivity contribution in [3.63, 3.8) is 0 Å². The molecule has 1 unspecified atom stereocenters.